The van der Waals surface area contributed by atoms with Crippen LogP contribution in [0.2, 0.25) is 0 Å². The van der Waals surface area contributed by atoms with Gasteiger partial charge in [-0.15, -0.1) is 0 Å². The van der Waals surface area contributed by atoms with E-state index >= 15 is 0 Å². The maximum atomic E-state index is 9.56. The Morgan fingerprint density at radius 2 is 2.38 bits per heavy atom. The Hall–Kier alpha value is -1.44. The number of hydrogen-bond donors (Lipinski definition) is 3. The SMILES string of the molecule is COCC(O)CN(C)c1cc(NN)ncn1. The first-order valence-corrected chi connectivity index (χ1v) is 4.84. The number of ether oxygens (including phenoxy) is 1. The Morgan fingerprint density at radius 3 is 3.00 bits per heavy atom. The van der Waals surface area contributed by atoms with Crippen LogP contribution in [0.25, 0.3) is 0 Å². The van der Waals surface area contributed by atoms with Crippen molar-refractivity contribution in [3.05, 3.63) is 12.4 Å². The molecule has 1 aromatic rings. The van der Waals surface area contributed by atoms with E-state index < -0.39 is 6.10 Å². The Morgan fingerprint density at radius 1 is 1.62 bits per heavy atom. The lowest BCUT2D eigenvalue weighted by molar-refractivity contribution is 0.0694. The predicted molar refractivity (Wildman–Crippen MR) is 61.0 cm³/mol. The van der Waals surface area contributed by atoms with E-state index in [-0.39, 0.29) is 6.61 Å². The fourth-order valence-corrected chi connectivity index (χ4v) is 1.29. The first-order valence-electron chi connectivity index (χ1n) is 4.84. The molecule has 0 radical (unpaired) electrons. The van der Waals surface area contributed by atoms with Crippen molar-refractivity contribution in [1.82, 2.24) is 9.97 Å². The number of aliphatic hydroxyl groups is 1. The Balaban J connectivity index is 2.61. The van der Waals surface area contributed by atoms with Crippen LogP contribution in [-0.2, 0) is 4.74 Å². The molecule has 4 N–H and O–H groups in total. The molecule has 7 heteroatoms. The fourth-order valence-electron chi connectivity index (χ4n) is 1.29. The Bertz CT molecular complexity index is 323. The quantitative estimate of drug-likeness (QED) is 0.432. The standard InChI is InChI=1S/C9H17N5O2/c1-14(4-7(15)5-16-2)9-3-8(13-10)11-6-12-9/h3,6-7,15H,4-5,10H2,1-2H3,(H,11,12,13). The summed E-state index contributed by atoms with van der Waals surface area (Å²) in [6, 6.07) is 1.69. The van der Waals surface area contributed by atoms with Gasteiger partial charge < -0.3 is 20.2 Å². The molecule has 1 heterocycles. The molecular weight excluding hydrogens is 210 g/mol. The predicted octanol–water partition coefficient (Wildman–Crippen LogP) is -0.794. The number of aromatic nitrogens is 2. The third-order valence-electron chi connectivity index (χ3n) is 2.04. The van der Waals surface area contributed by atoms with Gasteiger partial charge in [0.1, 0.15) is 18.0 Å². The molecule has 0 spiro atoms. The highest BCUT2D eigenvalue weighted by atomic mass is 16.5. The number of likely N-dealkylation sites (N-methyl/N-ethyl adjacent to an activating group) is 1. The summed E-state index contributed by atoms with van der Waals surface area (Å²) in [7, 11) is 3.37. The van der Waals surface area contributed by atoms with Crippen LogP contribution in [0.1, 0.15) is 0 Å². The number of aliphatic hydroxyl groups excluding tert-OH is 1. The molecule has 90 valence electrons. The topological polar surface area (TPSA) is 96.5 Å². The van der Waals surface area contributed by atoms with E-state index in [1.165, 1.54) is 6.33 Å². The number of nitrogens with zero attached hydrogens (tertiary/aromatic N) is 3. The largest absolute Gasteiger partial charge is 0.389 e. The normalized spacial score (nSPS) is 12.2. The van der Waals surface area contributed by atoms with E-state index in [2.05, 4.69) is 15.4 Å². The first-order chi connectivity index (χ1) is 7.67. The molecule has 0 fully saturated rings. The molecule has 16 heavy (non-hydrogen) atoms. The number of anilines is 2. The highest BCUT2D eigenvalue weighted by molar-refractivity contribution is 5.47. The number of nitrogen functional groups attached to an aromatic ring is 1. The van der Waals surface area contributed by atoms with Crippen molar-refractivity contribution in [3.8, 4) is 0 Å². The van der Waals surface area contributed by atoms with Crippen LogP contribution in [0.5, 0.6) is 0 Å². The molecule has 0 saturated heterocycles. The van der Waals surface area contributed by atoms with Gasteiger partial charge in [0.05, 0.1) is 12.7 Å². The van der Waals surface area contributed by atoms with Gasteiger partial charge in [-0.25, -0.2) is 15.8 Å². The number of rotatable bonds is 6. The molecule has 1 rings (SSSR count). The van der Waals surface area contributed by atoms with Gasteiger partial charge in [0, 0.05) is 26.8 Å². The number of nitrogens with two attached hydrogens (primary N) is 1. The number of methoxy groups -OCH3 is 1. The smallest absolute Gasteiger partial charge is 0.145 e. The van der Waals surface area contributed by atoms with Gasteiger partial charge in [-0.1, -0.05) is 0 Å². The average Bonchev–Trinajstić information content (AvgIpc) is 2.29. The molecule has 0 bridgehead atoms. The number of nitrogens with one attached hydrogen (secondary N) is 1. The number of hydrogen-bond acceptors (Lipinski definition) is 7. The van der Waals surface area contributed by atoms with Gasteiger partial charge >= 0.3 is 0 Å². The van der Waals surface area contributed by atoms with Crippen LogP contribution in [0.4, 0.5) is 11.6 Å². The molecule has 7 nitrogen and oxygen atoms in total. The Labute approximate surface area is 94.2 Å². The third-order valence-corrected chi connectivity index (χ3v) is 2.04. The van der Waals surface area contributed by atoms with Gasteiger partial charge in [0.25, 0.3) is 0 Å². The van der Waals surface area contributed by atoms with E-state index in [9.17, 15) is 5.11 Å². The summed E-state index contributed by atoms with van der Waals surface area (Å²) >= 11 is 0. The zero-order valence-corrected chi connectivity index (χ0v) is 9.42. The molecule has 0 amide bonds. The van der Waals surface area contributed by atoms with E-state index in [4.69, 9.17) is 10.6 Å². The van der Waals surface area contributed by atoms with Crippen molar-refractivity contribution in [2.75, 3.05) is 37.6 Å². The third kappa shape index (κ3) is 3.61. The molecule has 0 saturated carbocycles. The summed E-state index contributed by atoms with van der Waals surface area (Å²) in [5.74, 6) is 6.44. The van der Waals surface area contributed by atoms with E-state index in [1.807, 2.05) is 7.05 Å². The van der Waals surface area contributed by atoms with Crippen molar-refractivity contribution in [1.29, 1.82) is 0 Å². The van der Waals surface area contributed by atoms with Crippen molar-refractivity contribution < 1.29 is 9.84 Å². The minimum Gasteiger partial charge on any atom is -0.389 e. The van der Waals surface area contributed by atoms with Gasteiger partial charge in [0.2, 0.25) is 0 Å². The lowest BCUT2D eigenvalue weighted by Gasteiger charge is -2.21. The highest BCUT2D eigenvalue weighted by Gasteiger charge is 2.10. The first kappa shape index (κ1) is 12.6. The molecule has 0 aromatic carbocycles. The second-order valence-corrected chi connectivity index (χ2v) is 3.40. The lowest BCUT2D eigenvalue weighted by Crippen LogP contribution is -2.32. The second kappa shape index (κ2) is 6.21. The maximum absolute atomic E-state index is 9.56. The fraction of sp³-hybridized carbons (Fsp3) is 0.556. The van der Waals surface area contributed by atoms with Gasteiger partial charge in [-0.05, 0) is 0 Å². The van der Waals surface area contributed by atoms with Crippen LogP contribution >= 0.6 is 0 Å². The van der Waals surface area contributed by atoms with Crippen LogP contribution in [0.3, 0.4) is 0 Å². The summed E-state index contributed by atoms with van der Waals surface area (Å²) in [6.45, 7) is 0.715. The zero-order valence-electron chi connectivity index (χ0n) is 9.42. The van der Waals surface area contributed by atoms with E-state index in [1.54, 1.807) is 18.1 Å². The van der Waals surface area contributed by atoms with E-state index in [0.717, 1.165) is 0 Å². The summed E-state index contributed by atoms with van der Waals surface area (Å²) < 4.78 is 4.84. The summed E-state index contributed by atoms with van der Waals surface area (Å²) in [6.07, 6.45) is 0.850. The summed E-state index contributed by atoms with van der Waals surface area (Å²) in [5.41, 5.74) is 2.44. The minimum absolute atomic E-state index is 0.289. The van der Waals surface area contributed by atoms with Crippen LogP contribution in [0.15, 0.2) is 12.4 Å². The van der Waals surface area contributed by atoms with Crippen molar-refractivity contribution in [2.45, 2.75) is 6.10 Å². The van der Waals surface area contributed by atoms with Gasteiger partial charge in [-0.2, -0.15) is 0 Å². The molecule has 0 aliphatic rings. The van der Waals surface area contributed by atoms with Crippen LogP contribution in [0, 0.1) is 0 Å². The molecule has 0 aliphatic heterocycles. The molecule has 1 atom stereocenters. The monoisotopic (exact) mass is 227 g/mol. The van der Waals surface area contributed by atoms with Crippen molar-refractivity contribution in [2.24, 2.45) is 5.84 Å². The van der Waals surface area contributed by atoms with Crippen LogP contribution < -0.4 is 16.2 Å². The molecule has 1 aromatic heterocycles. The second-order valence-electron chi connectivity index (χ2n) is 3.40. The molecular formula is C9H17N5O2. The highest BCUT2D eigenvalue weighted by Crippen LogP contribution is 2.11. The van der Waals surface area contributed by atoms with Crippen LogP contribution in [-0.4, -0.2) is 48.5 Å². The molecule has 1 unspecified atom stereocenters. The lowest BCUT2D eigenvalue weighted by atomic mass is 10.3. The summed E-state index contributed by atoms with van der Waals surface area (Å²) in [5, 5.41) is 9.56. The maximum Gasteiger partial charge on any atom is 0.145 e. The average molecular weight is 227 g/mol. The zero-order chi connectivity index (χ0) is 12.0. The number of hydrazine groups is 1. The summed E-state index contributed by atoms with van der Waals surface area (Å²) in [4.78, 5) is 9.76. The Kier molecular flexibility index (Phi) is 4.90. The van der Waals surface area contributed by atoms with Gasteiger partial charge in [-0.3, -0.25) is 0 Å². The van der Waals surface area contributed by atoms with Crippen molar-refractivity contribution in [3.63, 3.8) is 0 Å². The van der Waals surface area contributed by atoms with Crippen molar-refractivity contribution >= 4 is 11.6 Å². The molecule has 0 aliphatic carbocycles. The minimum atomic E-state index is -0.556. The van der Waals surface area contributed by atoms with Gasteiger partial charge in [0.15, 0.2) is 0 Å². The van der Waals surface area contributed by atoms with E-state index in [0.29, 0.717) is 18.2 Å².